The standard InChI is InChI=1S/C12H12ClNO2/c1-6(2)7-3-9(13)8-5-11(12(15)16)14-10(8)4-7/h3-6,14H,1-2H3,(H,15,16). The zero-order valence-electron chi connectivity index (χ0n) is 9.04. The van der Waals surface area contributed by atoms with Crippen LogP contribution >= 0.6 is 11.6 Å². The first-order chi connectivity index (χ1) is 7.49. The molecule has 2 N–H and O–H groups in total. The average molecular weight is 238 g/mol. The van der Waals surface area contributed by atoms with Crippen LogP contribution < -0.4 is 0 Å². The molecule has 16 heavy (non-hydrogen) atoms. The number of fused-ring (bicyclic) bond motifs is 1. The van der Waals surface area contributed by atoms with Gasteiger partial charge < -0.3 is 10.1 Å². The van der Waals surface area contributed by atoms with Gasteiger partial charge in [0, 0.05) is 10.9 Å². The first kappa shape index (κ1) is 11.0. The van der Waals surface area contributed by atoms with Crippen LogP contribution in [-0.2, 0) is 0 Å². The van der Waals surface area contributed by atoms with Crippen molar-refractivity contribution in [3.05, 3.63) is 34.5 Å². The number of halogens is 1. The van der Waals surface area contributed by atoms with Gasteiger partial charge in [0.15, 0.2) is 0 Å². The van der Waals surface area contributed by atoms with Gasteiger partial charge in [0.25, 0.3) is 0 Å². The molecule has 0 aliphatic carbocycles. The lowest BCUT2D eigenvalue weighted by Gasteiger charge is -2.06. The lowest BCUT2D eigenvalue weighted by molar-refractivity contribution is 0.0691. The summed E-state index contributed by atoms with van der Waals surface area (Å²) in [5.74, 6) is -0.614. The molecule has 2 rings (SSSR count). The van der Waals surface area contributed by atoms with E-state index in [0.29, 0.717) is 10.9 Å². The first-order valence-corrected chi connectivity index (χ1v) is 5.42. The van der Waals surface area contributed by atoms with Crippen molar-refractivity contribution >= 4 is 28.5 Å². The van der Waals surface area contributed by atoms with Crippen LogP contribution in [0, 0.1) is 0 Å². The number of aromatic nitrogens is 1. The largest absolute Gasteiger partial charge is 0.477 e. The van der Waals surface area contributed by atoms with Gasteiger partial charge in [-0.1, -0.05) is 25.4 Å². The van der Waals surface area contributed by atoms with E-state index in [1.54, 1.807) is 6.07 Å². The Morgan fingerprint density at radius 3 is 2.62 bits per heavy atom. The molecule has 3 nitrogen and oxygen atoms in total. The van der Waals surface area contributed by atoms with Crippen LogP contribution in [0.25, 0.3) is 10.9 Å². The molecule has 1 aromatic heterocycles. The molecular formula is C12H12ClNO2. The molecule has 0 amide bonds. The van der Waals surface area contributed by atoms with E-state index in [2.05, 4.69) is 18.8 Å². The van der Waals surface area contributed by atoms with E-state index in [0.717, 1.165) is 16.5 Å². The smallest absolute Gasteiger partial charge is 0.352 e. The highest BCUT2D eigenvalue weighted by Gasteiger charge is 2.11. The van der Waals surface area contributed by atoms with Crippen LogP contribution in [0.1, 0.15) is 35.8 Å². The van der Waals surface area contributed by atoms with Gasteiger partial charge in [-0.05, 0) is 29.7 Å². The second kappa shape index (κ2) is 3.83. The third-order valence-electron chi connectivity index (χ3n) is 2.61. The molecule has 0 radical (unpaired) electrons. The minimum atomic E-state index is -0.974. The zero-order chi connectivity index (χ0) is 11.9. The summed E-state index contributed by atoms with van der Waals surface area (Å²) in [6.45, 7) is 4.14. The number of hydrogen-bond acceptors (Lipinski definition) is 1. The summed E-state index contributed by atoms with van der Waals surface area (Å²) < 4.78 is 0. The van der Waals surface area contributed by atoms with Crippen molar-refractivity contribution in [3.8, 4) is 0 Å². The highest BCUT2D eigenvalue weighted by atomic mass is 35.5. The van der Waals surface area contributed by atoms with Gasteiger partial charge in [0.2, 0.25) is 0 Å². The fourth-order valence-electron chi connectivity index (χ4n) is 1.66. The van der Waals surface area contributed by atoms with Gasteiger partial charge in [0.1, 0.15) is 5.69 Å². The van der Waals surface area contributed by atoms with Crippen molar-refractivity contribution in [1.29, 1.82) is 0 Å². The third kappa shape index (κ3) is 1.78. The minimum absolute atomic E-state index is 0.165. The Labute approximate surface area is 98.0 Å². The van der Waals surface area contributed by atoms with Crippen LogP contribution in [0.5, 0.6) is 0 Å². The average Bonchev–Trinajstić information content (AvgIpc) is 2.61. The predicted molar refractivity (Wildman–Crippen MR) is 64.4 cm³/mol. The van der Waals surface area contributed by atoms with Crippen molar-refractivity contribution in [2.24, 2.45) is 0 Å². The number of aromatic amines is 1. The van der Waals surface area contributed by atoms with Gasteiger partial charge >= 0.3 is 5.97 Å². The van der Waals surface area contributed by atoms with E-state index in [4.69, 9.17) is 16.7 Å². The molecule has 84 valence electrons. The SMILES string of the molecule is CC(C)c1cc(Cl)c2cc(C(=O)O)[nH]c2c1. The maximum Gasteiger partial charge on any atom is 0.352 e. The molecule has 0 bridgehead atoms. The van der Waals surface area contributed by atoms with Gasteiger partial charge in [-0.15, -0.1) is 0 Å². The van der Waals surface area contributed by atoms with Gasteiger partial charge in [-0.3, -0.25) is 0 Å². The Kier molecular flexibility index (Phi) is 2.64. The number of hydrogen-bond donors (Lipinski definition) is 2. The van der Waals surface area contributed by atoms with Crippen molar-refractivity contribution in [2.75, 3.05) is 0 Å². The van der Waals surface area contributed by atoms with Crippen LogP contribution in [0.15, 0.2) is 18.2 Å². The molecule has 0 aliphatic heterocycles. The summed E-state index contributed by atoms with van der Waals surface area (Å²) in [5, 5.41) is 10.2. The number of aromatic carboxylic acids is 1. The number of carboxylic acid groups (broad SMARTS) is 1. The summed E-state index contributed by atoms with van der Waals surface area (Å²) in [6, 6.07) is 5.39. The second-order valence-corrected chi connectivity index (χ2v) is 4.51. The molecule has 0 atom stereocenters. The summed E-state index contributed by atoms with van der Waals surface area (Å²) >= 11 is 6.11. The van der Waals surface area contributed by atoms with Gasteiger partial charge in [-0.25, -0.2) is 4.79 Å². The number of benzene rings is 1. The summed E-state index contributed by atoms with van der Waals surface area (Å²) in [4.78, 5) is 13.7. The maximum atomic E-state index is 10.8. The molecule has 1 aromatic carbocycles. The molecule has 0 saturated heterocycles. The highest BCUT2D eigenvalue weighted by molar-refractivity contribution is 6.35. The lowest BCUT2D eigenvalue weighted by Crippen LogP contribution is -1.94. The number of nitrogens with one attached hydrogen (secondary N) is 1. The predicted octanol–water partition coefficient (Wildman–Crippen LogP) is 3.64. The summed E-state index contributed by atoms with van der Waals surface area (Å²) in [7, 11) is 0. The number of carboxylic acids is 1. The minimum Gasteiger partial charge on any atom is -0.477 e. The van der Waals surface area contributed by atoms with Crippen molar-refractivity contribution in [1.82, 2.24) is 4.98 Å². The fraction of sp³-hybridized carbons (Fsp3) is 0.250. The topological polar surface area (TPSA) is 53.1 Å². The Balaban J connectivity index is 2.68. The van der Waals surface area contributed by atoms with Crippen LogP contribution in [0.2, 0.25) is 5.02 Å². The Morgan fingerprint density at radius 1 is 1.38 bits per heavy atom. The van der Waals surface area contributed by atoms with Crippen molar-refractivity contribution < 1.29 is 9.90 Å². The number of rotatable bonds is 2. The molecule has 0 fully saturated rings. The molecule has 0 aliphatic rings. The molecule has 4 heteroatoms. The van der Waals surface area contributed by atoms with Crippen molar-refractivity contribution in [2.45, 2.75) is 19.8 Å². The molecule has 0 spiro atoms. The lowest BCUT2D eigenvalue weighted by atomic mass is 10.0. The highest BCUT2D eigenvalue weighted by Crippen LogP contribution is 2.29. The van der Waals surface area contributed by atoms with E-state index >= 15 is 0 Å². The molecule has 0 unspecified atom stereocenters. The van der Waals surface area contributed by atoms with Crippen LogP contribution in [0.4, 0.5) is 0 Å². The summed E-state index contributed by atoms with van der Waals surface area (Å²) in [5.41, 5.74) is 2.03. The van der Waals surface area contributed by atoms with Gasteiger partial charge in [0.05, 0.1) is 5.02 Å². The fourth-order valence-corrected chi connectivity index (χ4v) is 1.95. The number of H-pyrrole nitrogens is 1. The Bertz CT molecular complexity index is 557. The third-order valence-corrected chi connectivity index (χ3v) is 2.92. The molecule has 0 saturated carbocycles. The van der Waals surface area contributed by atoms with Crippen LogP contribution in [0.3, 0.4) is 0 Å². The quantitative estimate of drug-likeness (QED) is 0.838. The molecule has 2 aromatic rings. The van der Waals surface area contributed by atoms with E-state index < -0.39 is 5.97 Å². The maximum absolute atomic E-state index is 10.8. The van der Waals surface area contributed by atoms with E-state index in [-0.39, 0.29) is 5.69 Å². The normalized spacial score (nSPS) is 11.2. The van der Waals surface area contributed by atoms with Crippen LogP contribution in [-0.4, -0.2) is 16.1 Å². The second-order valence-electron chi connectivity index (χ2n) is 4.11. The Morgan fingerprint density at radius 2 is 2.06 bits per heavy atom. The Hall–Kier alpha value is -1.48. The first-order valence-electron chi connectivity index (χ1n) is 5.04. The zero-order valence-corrected chi connectivity index (χ0v) is 9.80. The van der Waals surface area contributed by atoms with Crippen molar-refractivity contribution in [3.63, 3.8) is 0 Å². The van der Waals surface area contributed by atoms with E-state index in [1.165, 1.54) is 0 Å². The van der Waals surface area contributed by atoms with Gasteiger partial charge in [-0.2, -0.15) is 0 Å². The van der Waals surface area contributed by atoms with E-state index in [9.17, 15) is 4.79 Å². The van der Waals surface area contributed by atoms with E-state index in [1.807, 2.05) is 12.1 Å². The monoisotopic (exact) mass is 237 g/mol. The molecule has 1 heterocycles. The number of carbonyl (C=O) groups is 1. The summed E-state index contributed by atoms with van der Waals surface area (Å²) in [6.07, 6.45) is 0. The molecular weight excluding hydrogens is 226 g/mol.